The molecule has 1 N–H and O–H groups in total. The lowest BCUT2D eigenvalue weighted by Crippen LogP contribution is -2.22. The Morgan fingerprint density at radius 2 is 1.86 bits per heavy atom. The first-order valence-electron chi connectivity index (χ1n) is 9.28. The van der Waals surface area contributed by atoms with E-state index in [-0.39, 0.29) is 5.91 Å². The second kappa shape index (κ2) is 8.84. The number of nitrogens with zero attached hydrogens (tertiary/aromatic N) is 3. The maximum atomic E-state index is 12.4. The van der Waals surface area contributed by atoms with Gasteiger partial charge in [-0.2, -0.15) is 5.10 Å². The van der Waals surface area contributed by atoms with Gasteiger partial charge in [-0.1, -0.05) is 18.2 Å². The number of carbonyl (C=O) groups is 1. The highest BCUT2D eigenvalue weighted by Gasteiger charge is 2.07. The van der Waals surface area contributed by atoms with E-state index < -0.39 is 0 Å². The maximum Gasteiger partial charge on any atom is 0.251 e. The molecule has 0 aliphatic rings. The lowest BCUT2D eigenvalue weighted by Gasteiger charge is -2.09. The second-order valence-electron chi connectivity index (χ2n) is 6.44. The van der Waals surface area contributed by atoms with E-state index in [1.165, 1.54) is 0 Å². The van der Waals surface area contributed by atoms with Gasteiger partial charge in [-0.05, 0) is 60.2 Å². The van der Waals surface area contributed by atoms with Gasteiger partial charge in [-0.3, -0.25) is 9.78 Å². The van der Waals surface area contributed by atoms with Crippen LogP contribution in [-0.2, 0) is 13.2 Å². The standard InChI is InChI=1S/C23H20N4O2/c28-23(19-8-10-21(11-9-19)27-14-4-13-26-27)25-16-18-5-3-7-22(15-18)29-17-20-6-1-2-12-24-20/h1-15H,16-17H2,(H,25,28). The van der Waals surface area contributed by atoms with Crippen molar-refractivity contribution in [2.45, 2.75) is 13.2 Å². The molecule has 4 aromatic rings. The van der Waals surface area contributed by atoms with Crippen molar-refractivity contribution in [2.24, 2.45) is 0 Å². The lowest BCUT2D eigenvalue weighted by atomic mass is 10.1. The van der Waals surface area contributed by atoms with Crippen LogP contribution in [0.15, 0.2) is 91.4 Å². The van der Waals surface area contributed by atoms with E-state index in [0.717, 1.165) is 22.7 Å². The Hall–Kier alpha value is -3.93. The summed E-state index contributed by atoms with van der Waals surface area (Å²) in [6.45, 7) is 0.819. The van der Waals surface area contributed by atoms with Gasteiger partial charge in [-0.25, -0.2) is 4.68 Å². The van der Waals surface area contributed by atoms with Gasteiger partial charge in [0.25, 0.3) is 5.91 Å². The maximum absolute atomic E-state index is 12.4. The second-order valence-corrected chi connectivity index (χ2v) is 6.44. The third kappa shape index (κ3) is 4.87. The molecule has 29 heavy (non-hydrogen) atoms. The molecule has 6 nitrogen and oxygen atoms in total. The van der Waals surface area contributed by atoms with Gasteiger partial charge in [0.1, 0.15) is 12.4 Å². The third-order valence-corrected chi connectivity index (χ3v) is 4.36. The van der Waals surface area contributed by atoms with E-state index in [0.29, 0.717) is 18.7 Å². The number of amides is 1. The number of rotatable bonds is 7. The molecule has 2 heterocycles. The number of aromatic nitrogens is 3. The molecule has 0 fully saturated rings. The number of hydrogen-bond acceptors (Lipinski definition) is 4. The molecule has 1 amide bonds. The zero-order valence-corrected chi connectivity index (χ0v) is 15.7. The first-order chi connectivity index (χ1) is 14.3. The predicted molar refractivity (Wildman–Crippen MR) is 110 cm³/mol. The molecule has 6 heteroatoms. The molecule has 2 aromatic heterocycles. The molecule has 0 aliphatic heterocycles. The molecule has 0 unspecified atom stereocenters. The Morgan fingerprint density at radius 1 is 0.966 bits per heavy atom. The SMILES string of the molecule is O=C(NCc1cccc(OCc2ccccn2)c1)c1ccc(-n2cccn2)cc1. The summed E-state index contributed by atoms with van der Waals surface area (Å²) in [6.07, 6.45) is 5.32. The highest BCUT2D eigenvalue weighted by molar-refractivity contribution is 5.94. The zero-order chi connectivity index (χ0) is 19.9. The minimum absolute atomic E-state index is 0.128. The minimum Gasteiger partial charge on any atom is -0.487 e. The van der Waals surface area contributed by atoms with E-state index in [4.69, 9.17) is 4.74 Å². The lowest BCUT2D eigenvalue weighted by molar-refractivity contribution is 0.0951. The van der Waals surface area contributed by atoms with Crippen LogP contribution in [0.3, 0.4) is 0 Å². The molecule has 144 valence electrons. The van der Waals surface area contributed by atoms with E-state index in [2.05, 4.69) is 15.4 Å². The predicted octanol–water partition coefficient (Wildman–Crippen LogP) is 3.78. The monoisotopic (exact) mass is 384 g/mol. The fourth-order valence-corrected chi connectivity index (χ4v) is 2.86. The van der Waals surface area contributed by atoms with Crippen molar-refractivity contribution in [1.29, 1.82) is 0 Å². The summed E-state index contributed by atoms with van der Waals surface area (Å²) in [4.78, 5) is 16.7. The van der Waals surface area contributed by atoms with Crippen LogP contribution in [0.4, 0.5) is 0 Å². The number of benzene rings is 2. The number of pyridine rings is 1. The third-order valence-electron chi connectivity index (χ3n) is 4.36. The summed E-state index contributed by atoms with van der Waals surface area (Å²) in [6, 6.07) is 22.6. The molecule has 4 rings (SSSR count). The highest BCUT2D eigenvalue weighted by atomic mass is 16.5. The normalized spacial score (nSPS) is 10.5. The quantitative estimate of drug-likeness (QED) is 0.527. The summed E-state index contributed by atoms with van der Waals surface area (Å²) >= 11 is 0. The Labute approximate surface area is 168 Å². The minimum atomic E-state index is -0.128. The Bertz CT molecular complexity index is 1060. The zero-order valence-electron chi connectivity index (χ0n) is 15.7. The molecule has 0 saturated carbocycles. The number of ether oxygens (including phenoxy) is 1. The average molecular weight is 384 g/mol. The summed E-state index contributed by atoms with van der Waals surface area (Å²) in [5, 5.41) is 7.12. The molecule has 0 saturated heterocycles. The summed E-state index contributed by atoms with van der Waals surface area (Å²) in [5.41, 5.74) is 3.34. The van der Waals surface area contributed by atoms with E-state index >= 15 is 0 Å². The van der Waals surface area contributed by atoms with Crippen LogP contribution in [0.1, 0.15) is 21.6 Å². The number of carbonyl (C=O) groups excluding carboxylic acids is 1. The fraction of sp³-hybridized carbons (Fsp3) is 0.0870. The van der Waals surface area contributed by atoms with Crippen LogP contribution < -0.4 is 10.1 Å². The van der Waals surface area contributed by atoms with Crippen molar-refractivity contribution < 1.29 is 9.53 Å². The molecule has 0 atom stereocenters. The first kappa shape index (κ1) is 18.4. The molecule has 2 aromatic carbocycles. The van der Waals surface area contributed by atoms with Gasteiger partial charge < -0.3 is 10.1 Å². The highest BCUT2D eigenvalue weighted by Crippen LogP contribution is 2.15. The first-order valence-corrected chi connectivity index (χ1v) is 9.28. The van der Waals surface area contributed by atoms with Crippen molar-refractivity contribution >= 4 is 5.91 Å². The summed E-state index contributed by atoms with van der Waals surface area (Å²) in [7, 11) is 0. The van der Waals surface area contributed by atoms with E-state index in [1.807, 2.05) is 66.9 Å². The van der Waals surface area contributed by atoms with Crippen LogP contribution in [0, 0.1) is 0 Å². The molecular weight excluding hydrogens is 364 g/mol. The molecule has 0 radical (unpaired) electrons. The van der Waals surface area contributed by atoms with Gasteiger partial charge in [0.15, 0.2) is 0 Å². The average Bonchev–Trinajstić information content (AvgIpc) is 3.32. The van der Waals surface area contributed by atoms with Gasteiger partial charge in [0.05, 0.1) is 11.4 Å². The number of hydrogen-bond donors (Lipinski definition) is 1. The van der Waals surface area contributed by atoms with Crippen LogP contribution in [-0.4, -0.2) is 20.7 Å². The van der Waals surface area contributed by atoms with Gasteiger partial charge in [0, 0.05) is 30.7 Å². The number of nitrogens with one attached hydrogen (secondary N) is 1. The van der Waals surface area contributed by atoms with Gasteiger partial charge in [-0.15, -0.1) is 0 Å². The van der Waals surface area contributed by atoms with Crippen molar-refractivity contribution in [3.63, 3.8) is 0 Å². The fourth-order valence-electron chi connectivity index (χ4n) is 2.86. The van der Waals surface area contributed by atoms with E-state index in [9.17, 15) is 4.79 Å². The van der Waals surface area contributed by atoms with Crippen LogP contribution >= 0.6 is 0 Å². The van der Waals surface area contributed by atoms with Crippen molar-refractivity contribution in [2.75, 3.05) is 0 Å². The van der Waals surface area contributed by atoms with Crippen LogP contribution in [0.25, 0.3) is 5.69 Å². The smallest absolute Gasteiger partial charge is 0.251 e. The van der Waals surface area contributed by atoms with Crippen molar-refractivity contribution in [3.8, 4) is 11.4 Å². The summed E-state index contributed by atoms with van der Waals surface area (Å²) in [5.74, 6) is 0.614. The Morgan fingerprint density at radius 3 is 2.62 bits per heavy atom. The van der Waals surface area contributed by atoms with Crippen LogP contribution in [0.2, 0.25) is 0 Å². The van der Waals surface area contributed by atoms with Gasteiger partial charge in [0.2, 0.25) is 0 Å². The Kier molecular flexibility index (Phi) is 5.62. The van der Waals surface area contributed by atoms with Gasteiger partial charge >= 0.3 is 0 Å². The van der Waals surface area contributed by atoms with Crippen molar-refractivity contribution in [1.82, 2.24) is 20.1 Å². The largest absolute Gasteiger partial charge is 0.487 e. The van der Waals surface area contributed by atoms with Crippen LogP contribution in [0.5, 0.6) is 5.75 Å². The topological polar surface area (TPSA) is 69.0 Å². The van der Waals surface area contributed by atoms with E-state index in [1.54, 1.807) is 29.2 Å². The molecule has 0 aliphatic carbocycles. The molecular formula is C23H20N4O2. The molecule has 0 spiro atoms. The molecule has 0 bridgehead atoms. The van der Waals surface area contributed by atoms with Crippen molar-refractivity contribution in [3.05, 3.63) is 108 Å². The summed E-state index contributed by atoms with van der Waals surface area (Å²) < 4.78 is 7.54. The Balaban J connectivity index is 1.33.